The van der Waals surface area contributed by atoms with Crippen molar-refractivity contribution in [2.24, 2.45) is 0 Å². The molecule has 21 heavy (non-hydrogen) atoms. The Balaban J connectivity index is 1.73. The van der Waals surface area contributed by atoms with Gasteiger partial charge < -0.3 is 10.1 Å². The van der Waals surface area contributed by atoms with Crippen LogP contribution in [0.4, 0.5) is 0 Å². The van der Waals surface area contributed by atoms with E-state index in [9.17, 15) is 8.42 Å². The minimum atomic E-state index is -2.77. The predicted octanol–water partition coefficient (Wildman–Crippen LogP) is 2.18. The van der Waals surface area contributed by atoms with Gasteiger partial charge in [0.05, 0.1) is 18.6 Å². The molecule has 1 saturated heterocycles. The summed E-state index contributed by atoms with van der Waals surface area (Å²) >= 11 is 0. The molecule has 118 valence electrons. The van der Waals surface area contributed by atoms with Crippen LogP contribution in [0.15, 0.2) is 24.3 Å². The molecule has 0 saturated carbocycles. The average molecular weight is 311 g/mol. The summed E-state index contributed by atoms with van der Waals surface area (Å²) in [6.45, 7) is 2.17. The van der Waals surface area contributed by atoms with Gasteiger partial charge in [0.25, 0.3) is 0 Å². The number of nitrogens with one attached hydrogen (secondary N) is 1. The van der Waals surface area contributed by atoms with Crippen molar-refractivity contribution in [2.45, 2.75) is 44.7 Å². The van der Waals surface area contributed by atoms with E-state index in [0.29, 0.717) is 23.6 Å². The Morgan fingerprint density at radius 2 is 1.86 bits per heavy atom. The van der Waals surface area contributed by atoms with E-state index in [1.165, 1.54) is 5.56 Å². The van der Waals surface area contributed by atoms with Crippen molar-refractivity contribution in [1.29, 1.82) is 0 Å². The first-order valence-corrected chi connectivity index (χ1v) is 9.40. The minimum Gasteiger partial charge on any atom is -0.497 e. The van der Waals surface area contributed by atoms with Crippen LogP contribution < -0.4 is 10.1 Å². The molecule has 1 aromatic carbocycles. The Morgan fingerprint density at radius 1 is 1.24 bits per heavy atom. The standard InChI is InChI=1S/C16H25NO3S/c1-13(17-15-9-11-21(18,19)12-10-15)3-4-14-5-7-16(20-2)8-6-14/h5-8,13,15,17H,3-4,9-12H2,1-2H3/t13-/m1/s1. The summed E-state index contributed by atoms with van der Waals surface area (Å²) < 4.78 is 28.0. The highest BCUT2D eigenvalue weighted by atomic mass is 32.2. The van der Waals surface area contributed by atoms with E-state index in [4.69, 9.17) is 4.74 Å². The van der Waals surface area contributed by atoms with Gasteiger partial charge in [0.15, 0.2) is 0 Å². The molecule has 0 amide bonds. The molecule has 0 radical (unpaired) electrons. The van der Waals surface area contributed by atoms with E-state index >= 15 is 0 Å². The van der Waals surface area contributed by atoms with Gasteiger partial charge in [-0.1, -0.05) is 12.1 Å². The molecular weight excluding hydrogens is 286 g/mol. The number of methoxy groups -OCH3 is 1. The number of ether oxygens (including phenoxy) is 1. The molecule has 4 nitrogen and oxygen atoms in total. The summed E-state index contributed by atoms with van der Waals surface area (Å²) in [6, 6.07) is 8.91. The lowest BCUT2D eigenvalue weighted by molar-refractivity contribution is 0.399. The van der Waals surface area contributed by atoms with E-state index in [1.54, 1.807) is 7.11 Å². The second-order valence-electron chi connectivity index (χ2n) is 5.88. The van der Waals surface area contributed by atoms with Crippen LogP contribution in [-0.2, 0) is 16.3 Å². The van der Waals surface area contributed by atoms with E-state index in [1.807, 2.05) is 12.1 Å². The molecule has 1 heterocycles. The van der Waals surface area contributed by atoms with Crippen molar-refractivity contribution < 1.29 is 13.2 Å². The second-order valence-corrected chi connectivity index (χ2v) is 8.18. The number of rotatable bonds is 6. The minimum absolute atomic E-state index is 0.329. The summed E-state index contributed by atoms with van der Waals surface area (Å²) in [4.78, 5) is 0. The Bertz CT molecular complexity index is 525. The Labute approximate surface area is 127 Å². The lowest BCUT2D eigenvalue weighted by Gasteiger charge is -2.26. The van der Waals surface area contributed by atoms with Crippen LogP contribution in [0.5, 0.6) is 5.75 Å². The normalized spacial score (nSPS) is 20.1. The third-order valence-electron chi connectivity index (χ3n) is 4.10. The third-order valence-corrected chi connectivity index (χ3v) is 5.82. The van der Waals surface area contributed by atoms with Crippen molar-refractivity contribution in [3.05, 3.63) is 29.8 Å². The van der Waals surface area contributed by atoms with E-state index in [2.05, 4.69) is 24.4 Å². The Morgan fingerprint density at radius 3 is 2.43 bits per heavy atom. The van der Waals surface area contributed by atoms with Gasteiger partial charge in [-0.25, -0.2) is 8.42 Å². The largest absolute Gasteiger partial charge is 0.497 e. The molecule has 5 heteroatoms. The van der Waals surface area contributed by atoms with Gasteiger partial charge in [-0.3, -0.25) is 0 Å². The van der Waals surface area contributed by atoms with Gasteiger partial charge >= 0.3 is 0 Å². The van der Waals surface area contributed by atoms with Gasteiger partial charge in [-0.05, 0) is 50.3 Å². The predicted molar refractivity (Wildman–Crippen MR) is 85.6 cm³/mol. The average Bonchev–Trinajstić information content (AvgIpc) is 2.48. The molecule has 1 aliphatic heterocycles. The van der Waals surface area contributed by atoms with Crippen molar-refractivity contribution in [1.82, 2.24) is 5.32 Å². The maximum atomic E-state index is 11.4. The van der Waals surface area contributed by atoms with Crippen LogP contribution in [0, 0.1) is 0 Å². The lowest BCUT2D eigenvalue weighted by atomic mass is 10.0. The molecule has 1 aliphatic rings. The van der Waals surface area contributed by atoms with Crippen LogP contribution in [0.3, 0.4) is 0 Å². The molecule has 0 bridgehead atoms. The zero-order valence-electron chi connectivity index (χ0n) is 12.8. The fraction of sp³-hybridized carbons (Fsp3) is 0.625. The molecular formula is C16H25NO3S. The summed E-state index contributed by atoms with van der Waals surface area (Å²) in [7, 11) is -1.09. The van der Waals surface area contributed by atoms with Gasteiger partial charge in [0.1, 0.15) is 15.6 Å². The summed E-state index contributed by atoms with van der Waals surface area (Å²) in [5.41, 5.74) is 1.30. The topological polar surface area (TPSA) is 55.4 Å². The van der Waals surface area contributed by atoms with Gasteiger partial charge in [0.2, 0.25) is 0 Å². The summed E-state index contributed by atoms with van der Waals surface area (Å²) in [5, 5.41) is 3.56. The van der Waals surface area contributed by atoms with Crippen molar-refractivity contribution in [3.63, 3.8) is 0 Å². The van der Waals surface area contributed by atoms with Gasteiger partial charge in [-0.15, -0.1) is 0 Å². The van der Waals surface area contributed by atoms with Crippen LogP contribution >= 0.6 is 0 Å². The van der Waals surface area contributed by atoms with Crippen molar-refractivity contribution in [2.75, 3.05) is 18.6 Å². The fourth-order valence-corrected chi connectivity index (χ4v) is 4.21. The maximum absolute atomic E-state index is 11.4. The zero-order valence-corrected chi connectivity index (χ0v) is 13.7. The van der Waals surface area contributed by atoms with Crippen molar-refractivity contribution >= 4 is 9.84 Å². The molecule has 0 aliphatic carbocycles. The van der Waals surface area contributed by atoms with Crippen molar-refractivity contribution in [3.8, 4) is 5.75 Å². The highest BCUT2D eigenvalue weighted by Gasteiger charge is 2.24. The molecule has 1 fully saturated rings. The molecule has 1 N–H and O–H groups in total. The molecule has 1 atom stereocenters. The van der Waals surface area contributed by atoms with E-state index in [0.717, 1.165) is 31.4 Å². The first-order chi connectivity index (χ1) is 9.98. The first kappa shape index (κ1) is 16.3. The molecule has 2 rings (SSSR count). The maximum Gasteiger partial charge on any atom is 0.150 e. The molecule has 0 unspecified atom stereocenters. The monoisotopic (exact) mass is 311 g/mol. The zero-order chi connectivity index (χ0) is 15.3. The van der Waals surface area contributed by atoms with Crippen LogP contribution in [-0.4, -0.2) is 39.1 Å². The molecule has 1 aromatic rings. The van der Waals surface area contributed by atoms with E-state index in [-0.39, 0.29) is 0 Å². The van der Waals surface area contributed by atoms with Crippen LogP contribution in [0.25, 0.3) is 0 Å². The molecule has 0 aromatic heterocycles. The third kappa shape index (κ3) is 5.32. The fourth-order valence-electron chi connectivity index (χ4n) is 2.72. The number of sulfone groups is 1. The SMILES string of the molecule is COc1ccc(CC[C@@H](C)NC2CCS(=O)(=O)CC2)cc1. The van der Waals surface area contributed by atoms with E-state index < -0.39 is 9.84 Å². The smallest absolute Gasteiger partial charge is 0.150 e. The molecule has 0 spiro atoms. The highest BCUT2D eigenvalue weighted by molar-refractivity contribution is 7.91. The van der Waals surface area contributed by atoms with Crippen LogP contribution in [0.1, 0.15) is 31.7 Å². The van der Waals surface area contributed by atoms with Gasteiger partial charge in [0, 0.05) is 12.1 Å². The number of hydrogen-bond acceptors (Lipinski definition) is 4. The van der Waals surface area contributed by atoms with Crippen LogP contribution in [0.2, 0.25) is 0 Å². The summed E-state index contributed by atoms with van der Waals surface area (Å²) in [6.07, 6.45) is 3.56. The Kier molecular flexibility index (Phi) is 5.65. The quantitative estimate of drug-likeness (QED) is 0.875. The number of hydrogen-bond donors (Lipinski definition) is 1. The Hall–Kier alpha value is -1.07. The highest BCUT2D eigenvalue weighted by Crippen LogP contribution is 2.15. The summed E-state index contributed by atoms with van der Waals surface area (Å²) in [5.74, 6) is 1.54. The first-order valence-electron chi connectivity index (χ1n) is 7.58. The number of benzene rings is 1. The lowest BCUT2D eigenvalue weighted by Crippen LogP contribution is -2.42. The second kappa shape index (κ2) is 7.27. The number of aryl methyl sites for hydroxylation is 1. The van der Waals surface area contributed by atoms with Gasteiger partial charge in [-0.2, -0.15) is 0 Å².